The van der Waals surface area contributed by atoms with E-state index in [9.17, 15) is 19.1 Å². The fourth-order valence-electron chi connectivity index (χ4n) is 3.98. The summed E-state index contributed by atoms with van der Waals surface area (Å²) in [6.07, 6.45) is -1.50. The van der Waals surface area contributed by atoms with E-state index in [-0.39, 0.29) is 29.0 Å². The van der Waals surface area contributed by atoms with Gasteiger partial charge in [-0.25, -0.2) is 14.2 Å². The highest BCUT2D eigenvalue weighted by molar-refractivity contribution is 5.89. The van der Waals surface area contributed by atoms with Gasteiger partial charge in [0.1, 0.15) is 6.61 Å². The molecular formula is C20H15FN2O5. The minimum Gasteiger partial charge on any atom is -0.494 e. The molecule has 2 aliphatic heterocycles. The van der Waals surface area contributed by atoms with E-state index in [1.807, 2.05) is 6.92 Å². The van der Waals surface area contributed by atoms with Crippen LogP contribution in [0.1, 0.15) is 28.4 Å². The lowest BCUT2D eigenvalue weighted by atomic mass is 9.99. The van der Waals surface area contributed by atoms with E-state index in [1.165, 1.54) is 13.2 Å². The zero-order valence-corrected chi connectivity index (χ0v) is 15.1. The molecule has 0 amide bonds. The number of rotatable bonds is 1. The standard InChI is InChI=1S/C20H15FN2O5/c1-8-9-4-16(27-2)13(21)5-14(9)22-17-11(8)6-23-15(17)3-10-12(19(23)25)7-28-20(26)18(10)24/h3-5,18,24H,6-7H2,1-2H3. The second-order valence-electron chi connectivity index (χ2n) is 6.93. The highest BCUT2D eigenvalue weighted by Gasteiger charge is 2.34. The molecule has 2 aromatic heterocycles. The molecule has 28 heavy (non-hydrogen) atoms. The van der Waals surface area contributed by atoms with Crippen molar-refractivity contribution in [3.8, 4) is 17.1 Å². The number of benzene rings is 1. The Bertz CT molecular complexity index is 1260. The van der Waals surface area contributed by atoms with Crippen molar-refractivity contribution in [2.75, 3.05) is 7.11 Å². The lowest BCUT2D eigenvalue weighted by Gasteiger charge is -2.21. The number of carbonyl (C=O) groups is 1. The third-order valence-electron chi connectivity index (χ3n) is 5.52. The summed E-state index contributed by atoms with van der Waals surface area (Å²) in [6, 6.07) is 4.50. The van der Waals surface area contributed by atoms with Gasteiger partial charge in [-0.2, -0.15) is 0 Å². The monoisotopic (exact) mass is 382 g/mol. The quantitative estimate of drug-likeness (QED) is 0.506. The van der Waals surface area contributed by atoms with Gasteiger partial charge in [-0.15, -0.1) is 0 Å². The van der Waals surface area contributed by atoms with Crippen LogP contribution >= 0.6 is 0 Å². The van der Waals surface area contributed by atoms with Gasteiger partial charge in [0.15, 0.2) is 17.7 Å². The fourth-order valence-corrected chi connectivity index (χ4v) is 3.98. The zero-order chi connectivity index (χ0) is 19.7. The Morgan fingerprint density at radius 1 is 1.29 bits per heavy atom. The summed E-state index contributed by atoms with van der Waals surface area (Å²) in [5, 5.41) is 10.9. The second kappa shape index (κ2) is 5.62. The number of methoxy groups -OCH3 is 1. The van der Waals surface area contributed by atoms with E-state index in [4.69, 9.17) is 9.47 Å². The van der Waals surface area contributed by atoms with E-state index >= 15 is 0 Å². The predicted octanol–water partition coefficient (Wildman–Crippen LogP) is 1.97. The number of aromatic nitrogens is 2. The van der Waals surface area contributed by atoms with E-state index < -0.39 is 17.9 Å². The minimum absolute atomic E-state index is 0.124. The van der Waals surface area contributed by atoms with Crippen LogP contribution < -0.4 is 10.3 Å². The largest absolute Gasteiger partial charge is 0.494 e. The van der Waals surface area contributed by atoms with Crippen molar-refractivity contribution in [1.29, 1.82) is 0 Å². The minimum atomic E-state index is -1.50. The number of pyridine rings is 2. The average molecular weight is 382 g/mol. The number of esters is 1. The number of hydrogen-bond donors (Lipinski definition) is 1. The van der Waals surface area contributed by atoms with Crippen LogP contribution in [0.5, 0.6) is 5.75 Å². The molecule has 0 saturated carbocycles. The first-order valence-electron chi connectivity index (χ1n) is 8.69. The maximum Gasteiger partial charge on any atom is 0.340 e. The van der Waals surface area contributed by atoms with Crippen LogP contribution in [0.4, 0.5) is 4.39 Å². The van der Waals surface area contributed by atoms with Gasteiger partial charge in [0.25, 0.3) is 5.56 Å². The van der Waals surface area contributed by atoms with Crippen LogP contribution in [-0.4, -0.2) is 27.7 Å². The van der Waals surface area contributed by atoms with Crippen LogP contribution in [0.3, 0.4) is 0 Å². The van der Waals surface area contributed by atoms with E-state index in [2.05, 4.69) is 4.98 Å². The van der Waals surface area contributed by atoms with Crippen molar-refractivity contribution >= 4 is 16.9 Å². The number of aliphatic hydroxyl groups is 1. The van der Waals surface area contributed by atoms with Gasteiger partial charge in [-0.05, 0) is 24.6 Å². The number of nitrogens with zero attached hydrogens (tertiary/aromatic N) is 2. The highest BCUT2D eigenvalue weighted by Crippen LogP contribution is 2.38. The Morgan fingerprint density at radius 3 is 2.82 bits per heavy atom. The zero-order valence-electron chi connectivity index (χ0n) is 15.1. The molecule has 1 N–H and O–H groups in total. The molecule has 8 heteroatoms. The maximum atomic E-state index is 14.2. The number of fused-ring (bicyclic) bond motifs is 5. The van der Waals surface area contributed by atoms with E-state index in [1.54, 1.807) is 16.7 Å². The average Bonchev–Trinajstić information content (AvgIpc) is 3.04. The Morgan fingerprint density at radius 2 is 2.07 bits per heavy atom. The second-order valence-corrected chi connectivity index (χ2v) is 6.93. The van der Waals surface area contributed by atoms with Gasteiger partial charge < -0.3 is 19.1 Å². The van der Waals surface area contributed by atoms with Crippen LogP contribution in [0.25, 0.3) is 22.3 Å². The molecule has 0 radical (unpaired) electrons. The molecular weight excluding hydrogens is 367 g/mol. The Hall–Kier alpha value is -3.26. The van der Waals surface area contributed by atoms with Crippen LogP contribution in [-0.2, 0) is 22.7 Å². The lowest BCUT2D eigenvalue weighted by Crippen LogP contribution is -2.32. The highest BCUT2D eigenvalue weighted by atomic mass is 19.1. The van der Waals surface area contributed by atoms with Gasteiger partial charge in [-0.1, -0.05) is 0 Å². The molecule has 1 unspecified atom stereocenters. The molecule has 2 aliphatic rings. The smallest absolute Gasteiger partial charge is 0.340 e. The Balaban J connectivity index is 1.80. The van der Waals surface area contributed by atoms with E-state index in [0.29, 0.717) is 23.4 Å². The molecule has 0 aliphatic carbocycles. The molecule has 3 aromatic rings. The van der Waals surface area contributed by atoms with Crippen molar-refractivity contribution in [2.24, 2.45) is 0 Å². The summed E-state index contributed by atoms with van der Waals surface area (Å²) in [4.78, 5) is 29.2. The van der Waals surface area contributed by atoms with Gasteiger partial charge in [0.05, 0.1) is 36.1 Å². The van der Waals surface area contributed by atoms with Crippen molar-refractivity contribution in [3.05, 3.63) is 56.6 Å². The number of halogens is 1. The van der Waals surface area contributed by atoms with Gasteiger partial charge in [0.2, 0.25) is 0 Å². The molecule has 0 bridgehead atoms. The number of cyclic esters (lactones) is 1. The SMILES string of the molecule is COc1cc2c(C)c3c(nc2cc1F)-c1cc2c(c(=O)n1C3)COC(=O)C2O. The third kappa shape index (κ3) is 2.09. The summed E-state index contributed by atoms with van der Waals surface area (Å²) in [5.74, 6) is -1.19. The van der Waals surface area contributed by atoms with E-state index in [0.717, 1.165) is 16.5 Å². The van der Waals surface area contributed by atoms with Crippen LogP contribution in [0.2, 0.25) is 0 Å². The predicted molar refractivity (Wildman–Crippen MR) is 96.5 cm³/mol. The Kier molecular flexibility index (Phi) is 3.39. The van der Waals surface area contributed by atoms with Crippen molar-refractivity contribution in [2.45, 2.75) is 26.2 Å². The van der Waals surface area contributed by atoms with Crippen molar-refractivity contribution in [1.82, 2.24) is 9.55 Å². The molecule has 4 heterocycles. The molecule has 1 aromatic carbocycles. The van der Waals surface area contributed by atoms with Gasteiger partial charge in [-0.3, -0.25) is 4.79 Å². The van der Waals surface area contributed by atoms with Crippen LogP contribution in [0.15, 0.2) is 23.0 Å². The first-order chi connectivity index (χ1) is 13.4. The number of hydrogen-bond acceptors (Lipinski definition) is 6. The lowest BCUT2D eigenvalue weighted by molar-refractivity contribution is -0.157. The molecule has 0 spiro atoms. The topological polar surface area (TPSA) is 90.6 Å². The van der Waals surface area contributed by atoms with Gasteiger partial charge in [0, 0.05) is 22.6 Å². The molecule has 5 rings (SSSR count). The van der Waals surface area contributed by atoms with Crippen molar-refractivity contribution in [3.63, 3.8) is 0 Å². The summed E-state index contributed by atoms with van der Waals surface area (Å²) in [7, 11) is 1.40. The molecule has 7 nitrogen and oxygen atoms in total. The maximum absolute atomic E-state index is 14.2. The van der Waals surface area contributed by atoms with Crippen LogP contribution in [0, 0.1) is 12.7 Å². The molecule has 1 atom stereocenters. The summed E-state index contributed by atoms with van der Waals surface area (Å²) in [5.41, 5.74) is 3.35. The number of aliphatic hydroxyl groups excluding tert-OH is 1. The normalized spacial score (nSPS) is 17.1. The first-order valence-corrected chi connectivity index (χ1v) is 8.69. The molecule has 0 fully saturated rings. The van der Waals surface area contributed by atoms with Gasteiger partial charge >= 0.3 is 5.97 Å². The summed E-state index contributed by atoms with van der Waals surface area (Å²) >= 11 is 0. The molecule has 0 saturated heterocycles. The molecule has 142 valence electrons. The number of carbonyl (C=O) groups excluding carboxylic acids is 1. The summed E-state index contributed by atoms with van der Waals surface area (Å²) in [6.45, 7) is 2.02. The fraction of sp³-hybridized carbons (Fsp3) is 0.250. The number of aryl methyl sites for hydroxylation is 1. The third-order valence-corrected chi connectivity index (χ3v) is 5.52. The van der Waals surface area contributed by atoms with Crippen molar-refractivity contribution < 1.29 is 23.8 Å². The Labute approximate surface area is 158 Å². The number of ether oxygens (including phenoxy) is 2. The first kappa shape index (κ1) is 16.9. The summed E-state index contributed by atoms with van der Waals surface area (Å²) < 4.78 is 25.7.